The first kappa shape index (κ1) is 43.3. The maximum Gasteiger partial charge on any atom is 1.00 e. The second-order valence-electron chi connectivity index (χ2n) is 4.28. The van der Waals surface area contributed by atoms with E-state index in [-0.39, 0.29) is 32.9 Å². The minimum Gasteiger partial charge on any atom is -1.00 e. The molecule has 0 heterocycles. The summed E-state index contributed by atoms with van der Waals surface area (Å²) in [5, 5.41) is 34.9. The van der Waals surface area contributed by atoms with E-state index in [4.69, 9.17) is 49.1 Å². The molecule has 0 saturated heterocycles. The van der Waals surface area contributed by atoms with Gasteiger partial charge in [0.25, 0.3) is 0 Å². The molecule has 0 aromatic heterocycles. The fourth-order valence-corrected chi connectivity index (χ4v) is 2.45. The largest absolute Gasteiger partial charge is 1.00 e. The van der Waals surface area contributed by atoms with Crippen LogP contribution in [0.2, 0.25) is 0 Å². The van der Waals surface area contributed by atoms with Gasteiger partial charge in [0, 0.05) is 28.4 Å². The van der Waals surface area contributed by atoms with E-state index in [1.807, 2.05) is 0 Å². The number of halogens is 2. The Labute approximate surface area is 198 Å². The van der Waals surface area contributed by atoms with Gasteiger partial charge in [-0.25, -0.2) is 9.13 Å². The summed E-state index contributed by atoms with van der Waals surface area (Å²) < 4.78 is 76.7. The van der Waals surface area contributed by atoms with Crippen LogP contribution in [-0.4, -0.2) is 92.1 Å². The average Bonchev–Trinajstić information content (AvgIpc) is 2.64. The zero-order valence-corrected chi connectivity index (χ0v) is 20.9. The standard InChI is InChI=1S/2C4H9O6P.2FH2O3P.Li.H/c2*1-9-11(8,10-2)4(6,7)3-5;2*1-5(2,3)4;;/h2*3,6-7H,1-2H3;2*(H2,2,3,4);;/q;;;;+1;-1. The summed E-state index contributed by atoms with van der Waals surface area (Å²) in [4.78, 5) is 47.8. The monoisotopic (exact) mass is 576 g/mol. The third-order valence-electron chi connectivity index (χ3n) is 2.08. The molecule has 25 heteroatoms. The summed E-state index contributed by atoms with van der Waals surface area (Å²) >= 11 is 0. The van der Waals surface area contributed by atoms with Crippen LogP contribution in [-0.2, 0) is 45.9 Å². The van der Waals surface area contributed by atoms with Gasteiger partial charge in [0.2, 0.25) is 0 Å². The molecule has 33 heavy (non-hydrogen) atoms. The van der Waals surface area contributed by atoms with Gasteiger partial charge in [-0.05, 0) is 0 Å². The molecule has 0 aromatic rings. The van der Waals surface area contributed by atoms with Gasteiger partial charge >= 0.3 is 60.9 Å². The van der Waals surface area contributed by atoms with E-state index < -0.39 is 42.1 Å². The minimum absolute atomic E-state index is 0. The van der Waals surface area contributed by atoms with Crippen LogP contribution in [0.4, 0.5) is 8.39 Å². The van der Waals surface area contributed by atoms with Crippen molar-refractivity contribution in [2.45, 2.75) is 11.1 Å². The summed E-state index contributed by atoms with van der Waals surface area (Å²) in [6.45, 7) is 0. The third kappa shape index (κ3) is 22.4. The maximum atomic E-state index is 11.0. The number of hydrogen-bond acceptors (Lipinski definition) is 14. The van der Waals surface area contributed by atoms with Crippen LogP contribution in [0.5, 0.6) is 0 Å². The summed E-state index contributed by atoms with van der Waals surface area (Å²) in [6, 6.07) is 0. The predicted octanol–water partition coefficient (Wildman–Crippen LogP) is -4.17. The molecule has 0 unspecified atom stereocenters. The van der Waals surface area contributed by atoms with E-state index >= 15 is 0 Å². The summed E-state index contributed by atoms with van der Waals surface area (Å²) in [5.74, 6) is 0. The molecule has 198 valence electrons. The molecule has 0 saturated carbocycles. The van der Waals surface area contributed by atoms with Crippen LogP contribution < -0.4 is 18.9 Å². The summed E-state index contributed by atoms with van der Waals surface area (Å²) in [6.07, 6.45) is -0.637. The molecule has 0 fully saturated rings. The van der Waals surface area contributed by atoms with Crippen molar-refractivity contribution in [1.29, 1.82) is 0 Å². The van der Waals surface area contributed by atoms with E-state index in [0.29, 0.717) is 0 Å². The van der Waals surface area contributed by atoms with Crippen LogP contribution in [0.25, 0.3) is 0 Å². The molecular weight excluding hydrogens is 553 g/mol. The summed E-state index contributed by atoms with van der Waals surface area (Å²) in [7, 11) is -14.8. The Hall–Kier alpha value is 0.237. The first-order chi connectivity index (χ1) is 13.9. The van der Waals surface area contributed by atoms with E-state index in [0.717, 1.165) is 28.4 Å². The molecule has 0 aliphatic carbocycles. The van der Waals surface area contributed by atoms with Gasteiger partial charge in [-0.3, -0.25) is 38.3 Å². The van der Waals surface area contributed by atoms with Gasteiger partial charge in [-0.1, -0.05) is 0 Å². The van der Waals surface area contributed by atoms with Crippen molar-refractivity contribution in [3.63, 3.8) is 0 Å². The molecule has 0 atom stereocenters. The molecule has 0 radical (unpaired) electrons. The zero-order valence-electron chi connectivity index (χ0n) is 18.4. The second kappa shape index (κ2) is 17.6. The molecule has 0 aliphatic heterocycles. The van der Waals surface area contributed by atoms with Crippen molar-refractivity contribution in [3.05, 3.63) is 0 Å². The number of rotatable bonds is 8. The molecule has 18 nitrogen and oxygen atoms in total. The molecular formula is C8H23F2LiO18P4. The number of carbonyl (C=O) groups excluding carboxylic acids is 2. The van der Waals surface area contributed by atoms with E-state index in [9.17, 15) is 27.1 Å². The quantitative estimate of drug-likeness (QED) is 0.0588. The topological polar surface area (TPSA) is 301 Å². The van der Waals surface area contributed by atoms with E-state index in [1.165, 1.54) is 0 Å². The summed E-state index contributed by atoms with van der Waals surface area (Å²) in [5.41, 5.74) is -6.15. The van der Waals surface area contributed by atoms with Crippen molar-refractivity contribution >= 4 is 43.6 Å². The number of carbonyl (C=O) groups is 2. The van der Waals surface area contributed by atoms with Crippen LogP contribution in [0, 0.1) is 0 Å². The smallest absolute Gasteiger partial charge is 1.00 e. The Balaban J connectivity index is -0.0000000802. The van der Waals surface area contributed by atoms with Gasteiger partial charge in [0.1, 0.15) is 0 Å². The Morgan fingerprint density at radius 2 is 0.758 bits per heavy atom. The van der Waals surface area contributed by atoms with Crippen LogP contribution >= 0.6 is 31.0 Å². The molecule has 0 aliphatic rings. The fraction of sp³-hybridized carbons (Fsp3) is 0.750. The molecule has 0 spiro atoms. The van der Waals surface area contributed by atoms with Crippen molar-refractivity contribution in [2.75, 3.05) is 28.4 Å². The Morgan fingerprint density at radius 3 is 0.788 bits per heavy atom. The van der Waals surface area contributed by atoms with Crippen LogP contribution in [0.3, 0.4) is 0 Å². The van der Waals surface area contributed by atoms with Gasteiger partial charge in [0.05, 0.1) is 0 Å². The zero-order chi connectivity index (χ0) is 27.2. The SMILES string of the molecule is COP(=O)(OC)C(O)(O)C=O.COP(=O)(OC)C(O)(O)C=O.O=P(O)(O)F.O=P(O)(O)F.[H-].[Li+]. The Morgan fingerprint density at radius 1 is 0.636 bits per heavy atom. The van der Waals surface area contributed by atoms with Crippen molar-refractivity contribution < 1.29 is 115 Å². The van der Waals surface area contributed by atoms with E-state index in [1.54, 1.807) is 0 Å². The number of aliphatic hydroxyl groups is 4. The second-order valence-corrected chi connectivity index (χ2v) is 10.9. The maximum absolute atomic E-state index is 11.0. The third-order valence-corrected chi connectivity index (χ3v) is 5.83. The molecule has 0 bridgehead atoms. The average molecular weight is 576 g/mol. The van der Waals surface area contributed by atoms with Crippen molar-refractivity contribution in [1.82, 2.24) is 0 Å². The van der Waals surface area contributed by atoms with Gasteiger partial charge in [-0.15, -0.1) is 8.39 Å². The first-order valence-electron chi connectivity index (χ1n) is 6.62. The predicted molar refractivity (Wildman–Crippen MR) is 97.1 cm³/mol. The number of aldehydes is 2. The minimum atomic E-state index is -5.14. The van der Waals surface area contributed by atoms with Gasteiger partial charge in [-0.2, -0.15) is 0 Å². The van der Waals surface area contributed by atoms with Crippen LogP contribution in [0.1, 0.15) is 1.43 Å². The van der Waals surface area contributed by atoms with Gasteiger partial charge in [0.15, 0.2) is 12.6 Å². The normalized spacial score (nSPS) is 12.3. The first-order valence-corrected chi connectivity index (χ1v) is 12.7. The van der Waals surface area contributed by atoms with Crippen molar-refractivity contribution in [2.24, 2.45) is 0 Å². The molecule has 0 rings (SSSR count). The Kier molecular flexibility index (Phi) is 23.1. The molecule has 0 aromatic carbocycles. The van der Waals surface area contributed by atoms with Crippen LogP contribution in [0.15, 0.2) is 0 Å². The molecule has 0 amide bonds. The van der Waals surface area contributed by atoms with Crippen molar-refractivity contribution in [3.8, 4) is 0 Å². The Bertz CT molecular complexity index is 660. The van der Waals surface area contributed by atoms with Gasteiger partial charge < -0.3 is 39.9 Å². The number of hydrogen-bond donors (Lipinski definition) is 8. The molecule has 8 N–H and O–H groups in total. The fourth-order valence-electron chi connectivity index (χ4n) is 0.816. The van der Waals surface area contributed by atoms with E-state index in [2.05, 4.69) is 18.1 Å².